The Kier molecular flexibility index (Phi) is 6.05. The van der Waals surface area contributed by atoms with Gasteiger partial charge in [-0.3, -0.25) is 0 Å². The van der Waals surface area contributed by atoms with E-state index in [1.165, 1.54) is 5.56 Å². The molecule has 0 N–H and O–H groups in total. The molecule has 0 amide bonds. The van der Waals surface area contributed by atoms with Gasteiger partial charge in [-0.25, -0.2) is 0 Å². The second-order valence-corrected chi connectivity index (χ2v) is 3.58. The topological polar surface area (TPSA) is 18.5 Å². The first kappa shape index (κ1) is 12.2. The van der Waals surface area contributed by atoms with Gasteiger partial charge in [0, 0.05) is 12.5 Å². The highest BCUT2D eigenvalue weighted by atomic mass is 16.5. The minimum Gasteiger partial charge on any atom is -0.379 e. The molecule has 0 spiro atoms. The maximum Gasteiger partial charge on any atom is 0.0700 e. The van der Waals surface area contributed by atoms with Crippen molar-refractivity contribution in [2.75, 3.05) is 26.4 Å². The Labute approximate surface area is 92.2 Å². The van der Waals surface area contributed by atoms with Crippen LogP contribution in [-0.4, -0.2) is 26.4 Å². The Morgan fingerprint density at radius 2 is 1.73 bits per heavy atom. The lowest BCUT2D eigenvalue weighted by atomic mass is 10.0. The van der Waals surface area contributed by atoms with Crippen LogP contribution in [0.2, 0.25) is 0 Å². The van der Waals surface area contributed by atoms with Gasteiger partial charge in [0.25, 0.3) is 0 Å². The van der Waals surface area contributed by atoms with E-state index in [1.54, 1.807) is 0 Å². The van der Waals surface area contributed by atoms with E-state index in [0.717, 1.165) is 13.2 Å². The van der Waals surface area contributed by atoms with Crippen molar-refractivity contribution in [2.45, 2.75) is 19.8 Å². The van der Waals surface area contributed by atoms with Crippen LogP contribution in [0, 0.1) is 0 Å². The van der Waals surface area contributed by atoms with Gasteiger partial charge in [0.05, 0.1) is 19.8 Å². The summed E-state index contributed by atoms with van der Waals surface area (Å²) in [5.41, 5.74) is 1.33. The van der Waals surface area contributed by atoms with Gasteiger partial charge in [-0.2, -0.15) is 0 Å². The molecule has 1 rings (SSSR count). The lowest BCUT2D eigenvalue weighted by molar-refractivity contribution is 0.0483. The monoisotopic (exact) mass is 208 g/mol. The van der Waals surface area contributed by atoms with Gasteiger partial charge in [0.15, 0.2) is 0 Å². The molecule has 0 aromatic heterocycles. The molecule has 0 radical (unpaired) electrons. The molecule has 0 saturated carbocycles. The van der Waals surface area contributed by atoms with Crippen LogP contribution in [0.3, 0.4) is 0 Å². The van der Waals surface area contributed by atoms with Crippen LogP contribution >= 0.6 is 0 Å². The lowest BCUT2D eigenvalue weighted by Gasteiger charge is -2.12. The number of rotatable bonds is 7. The summed E-state index contributed by atoms with van der Waals surface area (Å²) in [6, 6.07) is 10.4. The highest BCUT2D eigenvalue weighted by Crippen LogP contribution is 2.14. The van der Waals surface area contributed by atoms with E-state index in [9.17, 15) is 0 Å². The molecule has 15 heavy (non-hydrogen) atoms. The van der Waals surface area contributed by atoms with Crippen LogP contribution in [0.15, 0.2) is 30.3 Å². The molecule has 0 fully saturated rings. The van der Waals surface area contributed by atoms with Gasteiger partial charge in [0.2, 0.25) is 0 Å². The van der Waals surface area contributed by atoms with E-state index in [4.69, 9.17) is 9.47 Å². The molecule has 0 bridgehead atoms. The molecule has 1 aromatic rings. The summed E-state index contributed by atoms with van der Waals surface area (Å²) >= 11 is 0. The van der Waals surface area contributed by atoms with E-state index < -0.39 is 0 Å². The third-order valence-corrected chi connectivity index (χ3v) is 2.31. The van der Waals surface area contributed by atoms with E-state index in [2.05, 4.69) is 31.2 Å². The highest BCUT2D eigenvalue weighted by Gasteiger charge is 2.03. The van der Waals surface area contributed by atoms with Gasteiger partial charge in [-0.15, -0.1) is 0 Å². The summed E-state index contributed by atoms with van der Waals surface area (Å²) < 4.78 is 10.7. The van der Waals surface area contributed by atoms with Gasteiger partial charge < -0.3 is 9.47 Å². The molecule has 0 aliphatic carbocycles. The standard InChI is InChI=1S/C13H20O2/c1-3-14-9-10-15-11-12(2)13-7-5-4-6-8-13/h4-8,12H,3,9-11H2,1-2H3/t12-/m1/s1. The van der Waals surface area contributed by atoms with E-state index in [0.29, 0.717) is 19.1 Å². The average Bonchev–Trinajstić information content (AvgIpc) is 2.30. The third kappa shape index (κ3) is 4.96. The van der Waals surface area contributed by atoms with E-state index in [-0.39, 0.29) is 0 Å². The number of ether oxygens (including phenoxy) is 2. The first-order chi connectivity index (χ1) is 7.34. The van der Waals surface area contributed by atoms with Crippen LogP contribution in [-0.2, 0) is 9.47 Å². The number of hydrogen-bond acceptors (Lipinski definition) is 2. The fraction of sp³-hybridized carbons (Fsp3) is 0.538. The molecule has 0 heterocycles. The molecule has 0 unspecified atom stereocenters. The molecule has 0 saturated heterocycles. The van der Waals surface area contributed by atoms with Crippen molar-refractivity contribution >= 4 is 0 Å². The van der Waals surface area contributed by atoms with Crippen LogP contribution in [0.5, 0.6) is 0 Å². The molecule has 2 heteroatoms. The Hall–Kier alpha value is -0.860. The van der Waals surface area contributed by atoms with Crippen LogP contribution in [0.4, 0.5) is 0 Å². The minimum absolute atomic E-state index is 0.452. The van der Waals surface area contributed by atoms with Crippen molar-refractivity contribution in [1.29, 1.82) is 0 Å². The molecule has 0 aliphatic heterocycles. The van der Waals surface area contributed by atoms with Crippen LogP contribution in [0.25, 0.3) is 0 Å². The van der Waals surface area contributed by atoms with E-state index >= 15 is 0 Å². The third-order valence-electron chi connectivity index (χ3n) is 2.31. The molecule has 0 aliphatic rings. The molecule has 2 nitrogen and oxygen atoms in total. The molecular weight excluding hydrogens is 188 g/mol. The fourth-order valence-corrected chi connectivity index (χ4v) is 1.40. The zero-order valence-corrected chi connectivity index (χ0v) is 9.61. The van der Waals surface area contributed by atoms with Crippen molar-refractivity contribution in [2.24, 2.45) is 0 Å². The molecule has 84 valence electrons. The van der Waals surface area contributed by atoms with Crippen molar-refractivity contribution < 1.29 is 9.47 Å². The van der Waals surface area contributed by atoms with Crippen molar-refractivity contribution in [3.8, 4) is 0 Å². The summed E-state index contributed by atoms with van der Waals surface area (Å²) in [6.45, 7) is 7.07. The summed E-state index contributed by atoms with van der Waals surface area (Å²) in [7, 11) is 0. The van der Waals surface area contributed by atoms with Crippen LogP contribution < -0.4 is 0 Å². The molecule has 1 atom stereocenters. The van der Waals surface area contributed by atoms with Gasteiger partial charge >= 0.3 is 0 Å². The smallest absolute Gasteiger partial charge is 0.0700 e. The summed E-state index contributed by atoms with van der Waals surface area (Å²) in [4.78, 5) is 0. The first-order valence-electron chi connectivity index (χ1n) is 5.55. The molecule has 1 aromatic carbocycles. The first-order valence-corrected chi connectivity index (χ1v) is 5.55. The lowest BCUT2D eigenvalue weighted by Crippen LogP contribution is -2.09. The Bertz CT molecular complexity index is 246. The fourth-order valence-electron chi connectivity index (χ4n) is 1.40. The van der Waals surface area contributed by atoms with Gasteiger partial charge in [-0.05, 0) is 12.5 Å². The van der Waals surface area contributed by atoms with Crippen LogP contribution in [0.1, 0.15) is 25.3 Å². The Balaban J connectivity index is 2.16. The maximum absolute atomic E-state index is 5.53. The van der Waals surface area contributed by atoms with E-state index in [1.807, 2.05) is 13.0 Å². The number of benzene rings is 1. The Morgan fingerprint density at radius 3 is 2.40 bits per heavy atom. The SMILES string of the molecule is CCOCCOC[C@@H](C)c1ccccc1. The second-order valence-electron chi connectivity index (χ2n) is 3.58. The van der Waals surface area contributed by atoms with Crippen molar-refractivity contribution in [3.63, 3.8) is 0 Å². The average molecular weight is 208 g/mol. The Morgan fingerprint density at radius 1 is 1.07 bits per heavy atom. The van der Waals surface area contributed by atoms with Crippen molar-refractivity contribution in [1.82, 2.24) is 0 Å². The van der Waals surface area contributed by atoms with Gasteiger partial charge in [-0.1, -0.05) is 37.3 Å². The number of hydrogen-bond donors (Lipinski definition) is 0. The highest BCUT2D eigenvalue weighted by molar-refractivity contribution is 5.18. The van der Waals surface area contributed by atoms with Crippen molar-refractivity contribution in [3.05, 3.63) is 35.9 Å². The summed E-state index contributed by atoms with van der Waals surface area (Å²) in [5, 5.41) is 0. The second kappa shape index (κ2) is 7.43. The zero-order valence-electron chi connectivity index (χ0n) is 9.61. The zero-order chi connectivity index (χ0) is 10.9. The quantitative estimate of drug-likeness (QED) is 0.641. The minimum atomic E-state index is 0.452. The summed E-state index contributed by atoms with van der Waals surface area (Å²) in [6.07, 6.45) is 0. The molecular formula is C13H20O2. The maximum atomic E-state index is 5.53. The largest absolute Gasteiger partial charge is 0.379 e. The summed E-state index contributed by atoms with van der Waals surface area (Å²) in [5.74, 6) is 0.452. The normalized spacial score (nSPS) is 12.7. The predicted octanol–water partition coefficient (Wildman–Crippen LogP) is 2.84. The predicted molar refractivity (Wildman–Crippen MR) is 62.2 cm³/mol. The van der Waals surface area contributed by atoms with Gasteiger partial charge in [0.1, 0.15) is 0 Å².